The maximum atomic E-state index is 13.2. The van der Waals surface area contributed by atoms with Gasteiger partial charge in [0.05, 0.1) is 5.69 Å². The van der Waals surface area contributed by atoms with Crippen molar-refractivity contribution in [1.29, 1.82) is 0 Å². The summed E-state index contributed by atoms with van der Waals surface area (Å²) in [5, 5.41) is 0. The Balaban J connectivity index is 2.02. The Morgan fingerprint density at radius 3 is 2.06 bits per heavy atom. The van der Waals surface area contributed by atoms with E-state index in [-0.39, 0.29) is 11.5 Å². The maximum absolute atomic E-state index is 13.2. The SMILES string of the molecule is Nc1ccc(SSc2ccc(N)c(F)c2)cc1. The van der Waals surface area contributed by atoms with E-state index in [0.717, 1.165) is 15.5 Å². The van der Waals surface area contributed by atoms with Crippen molar-refractivity contribution in [2.75, 3.05) is 11.5 Å². The van der Waals surface area contributed by atoms with Crippen molar-refractivity contribution in [1.82, 2.24) is 0 Å². The van der Waals surface area contributed by atoms with Crippen LogP contribution in [-0.2, 0) is 0 Å². The molecule has 2 rings (SSSR count). The maximum Gasteiger partial charge on any atom is 0.147 e. The van der Waals surface area contributed by atoms with E-state index < -0.39 is 0 Å². The minimum absolute atomic E-state index is 0.173. The van der Waals surface area contributed by atoms with Gasteiger partial charge in [-0.15, -0.1) is 0 Å². The summed E-state index contributed by atoms with van der Waals surface area (Å²) in [4.78, 5) is 1.90. The third kappa shape index (κ3) is 3.31. The van der Waals surface area contributed by atoms with E-state index in [0.29, 0.717) is 0 Å². The average molecular weight is 266 g/mol. The minimum Gasteiger partial charge on any atom is -0.399 e. The molecule has 0 aromatic heterocycles. The molecular weight excluding hydrogens is 255 g/mol. The summed E-state index contributed by atoms with van der Waals surface area (Å²) in [5.41, 5.74) is 11.9. The fraction of sp³-hybridized carbons (Fsp3) is 0. The number of anilines is 2. The van der Waals surface area contributed by atoms with Gasteiger partial charge < -0.3 is 11.5 Å². The molecule has 0 heterocycles. The molecule has 4 N–H and O–H groups in total. The van der Waals surface area contributed by atoms with Crippen LogP contribution in [0.1, 0.15) is 0 Å². The van der Waals surface area contributed by atoms with Crippen molar-refractivity contribution in [2.24, 2.45) is 0 Å². The molecular formula is C12H11FN2S2. The molecule has 0 aliphatic heterocycles. The van der Waals surface area contributed by atoms with Gasteiger partial charge in [-0.05, 0) is 42.5 Å². The molecule has 0 fully saturated rings. The second kappa shape index (κ2) is 5.33. The molecule has 2 aromatic carbocycles. The minimum atomic E-state index is -0.382. The van der Waals surface area contributed by atoms with Gasteiger partial charge in [-0.3, -0.25) is 0 Å². The highest BCUT2D eigenvalue weighted by Crippen LogP contribution is 2.38. The van der Waals surface area contributed by atoms with E-state index in [1.165, 1.54) is 16.9 Å². The number of halogens is 1. The van der Waals surface area contributed by atoms with Crippen LogP contribution in [0.5, 0.6) is 0 Å². The number of hydrogen-bond acceptors (Lipinski definition) is 4. The molecule has 0 saturated heterocycles. The van der Waals surface area contributed by atoms with Crippen LogP contribution in [0.3, 0.4) is 0 Å². The normalized spacial score (nSPS) is 10.4. The first kappa shape index (κ1) is 12.1. The molecule has 17 heavy (non-hydrogen) atoms. The number of rotatable bonds is 3. The summed E-state index contributed by atoms with van der Waals surface area (Å²) < 4.78 is 13.2. The lowest BCUT2D eigenvalue weighted by Gasteiger charge is -2.03. The molecule has 5 heteroatoms. The van der Waals surface area contributed by atoms with E-state index in [9.17, 15) is 4.39 Å². The molecule has 0 aliphatic rings. The van der Waals surface area contributed by atoms with Gasteiger partial charge in [0.2, 0.25) is 0 Å². The zero-order valence-corrected chi connectivity index (χ0v) is 10.5. The van der Waals surface area contributed by atoms with Gasteiger partial charge in [0.15, 0.2) is 0 Å². The quantitative estimate of drug-likeness (QED) is 0.655. The van der Waals surface area contributed by atoms with Crippen molar-refractivity contribution < 1.29 is 4.39 Å². The molecule has 0 aliphatic carbocycles. The van der Waals surface area contributed by atoms with Crippen LogP contribution >= 0.6 is 21.6 Å². The summed E-state index contributed by atoms with van der Waals surface area (Å²) in [7, 11) is 3.03. The van der Waals surface area contributed by atoms with Gasteiger partial charge in [0.1, 0.15) is 5.82 Å². The lowest BCUT2D eigenvalue weighted by Crippen LogP contribution is -1.89. The van der Waals surface area contributed by atoms with Crippen molar-refractivity contribution in [3.8, 4) is 0 Å². The lowest BCUT2D eigenvalue weighted by atomic mass is 10.3. The average Bonchev–Trinajstić information content (AvgIpc) is 2.33. The predicted octanol–water partition coefficient (Wildman–Crippen LogP) is 3.79. The Kier molecular flexibility index (Phi) is 3.81. The van der Waals surface area contributed by atoms with Crippen LogP contribution in [0.2, 0.25) is 0 Å². The second-order valence-corrected chi connectivity index (χ2v) is 5.70. The third-order valence-corrected chi connectivity index (χ3v) is 4.49. The Labute approximate surface area is 107 Å². The first-order chi connectivity index (χ1) is 8.15. The monoisotopic (exact) mass is 266 g/mol. The van der Waals surface area contributed by atoms with Crippen LogP contribution in [0, 0.1) is 5.82 Å². The number of hydrogen-bond donors (Lipinski definition) is 2. The standard InChI is InChI=1S/C12H11FN2S2/c13-11-7-10(5-6-12(11)15)17-16-9-3-1-8(14)2-4-9/h1-7H,14-15H2. The van der Waals surface area contributed by atoms with Gasteiger partial charge in [-0.25, -0.2) is 4.39 Å². The first-order valence-corrected chi connectivity index (χ1v) is 7.05. The lowest BCUT2D eigenvalue weighted by molar-refractivity contribution is 0.629. The van der Waals surface area contributed by atoms with Crippen LogP contribution in [0.25, 0.3) is 0 Å². The van der Waals surface area contributed by atoms with Gasteiger partial charge in [-0.1, -0.05) is 21.6 Å². The van der Waals surface area contributed by atoms with Gasteiger partial charge >= 0.3 is 0 Å². The molecule has 0 amide bonds. The van der Waals surface area contributed by atoms with Gasteiger partial charge in [0, 0.05) is 15.5 Å². The van der Waals surface area contributed by atoms with Gasteiger partial charge in [0.25, 0.3) is 0 Å². The molecule has 0 spiro atoms. The molecule has 0 saturated carbocycles. The highest BCUT2D eigenvalue weighted by molar-refractivity contribution is 8.76. The summed E-state index contributed by atoms with van der Waals surface area (Å²) in [6.45, 7) is 0. The summed E-state index contributed by atoms with van der Waals surface area (Å²) >= 11 is 0. The number of nitrogen functional groups attached to an aromatic ring is 2. The van der Waals surface area contributed by atoms with Crippen molar-refractivity contribution in [3.05, 3.63) is 48.3 Å². The zero-order chi connectivity index (χ0) is 12.3. The van der Waals surface area contributed by atoms with Crippen LogP contribution < -0.4 is 11.5 Å². The van der Waals surface area contributed by atoms with Crippen LogP contribution in [-0.4, -0.2) is 0 Å². The largest absolute Gasteiger partial charge is 0.399 e. The fourth-order valence-corrected chi connectivity index (χ4v) is 3.12. The Bertz CT molecular complexity index is 514. The third-order valence-electron chi connectivity index (χ3n) is 2.09. The van der Waals surface area contributed by atoms with Crippen molar-refractivity contribution in [2.45, 2.75) is 9.79 Å². The Hall–Kier alpha value is -1.33. The van der Waals surface area contributed by atoms with Gasteiger partial charge in [-0.2, -0.15) is 0 Å². The first-order valence-electron chi connectivity index (χ1n) is 4.90. The Morgan fingerprint density at radius 1 is 0.824 bits per heavy atom. The molecule has 88 valence electrons. The molecule has 0 atom stereocenters. The number of nitrogens with two attached hydrogens (primary N) is 2. The Morgan fingerprint density at radius 2 is 1.41 bits per heavy atom. The van der Waals surface area contributed by atoms with Crippen LogP contribution in [0.4, 0.5) is 15.8 Å². The molecule has 0 bridgehead atoms. The molecule has 0 radical (unpaired) electrons. The summed E-state index contributed by atoms with van der Waals surface area (Å²) in [5.74, 6) is -0.382. The molecule has 2 nitrogen and oxygen atoms in total. The highest BCUT2D eigenvalue weighted by atomic mass is 33.1. The van der Waals surface area contributed by atoms with E-state index in [1.54, 1.807) is 22.9 Å². The van der Waals surface area contributed by atoms with E-state index in [1.807, 2.05) is 24.3 Å². The van der Waals surface area contributed by atoms with E-state index in [4.69, 9.17) is 11.5 Å². The topological polar surface area (TPSA) is 52.0 Å². The highest BCUT2D eigenvalue weighted by Gasteiger charge is 2.02. The summed E-state index contributed by atoms with van der Waals surface area (Å²) in [6.07, 6.45) is 0. The van der Waals surface area contributed by atoms with Crippen molar-refractivity contribution >= 4 is 33.0 Å². The fourth-order valence-electron chi connectivity index (χ4n) is 1.18. The molecule has 2 aromatic rings. The smallest absolute Gasteiger partial charge is 0.147 e. The molecule has 0 unspecified atom stereocenters. The predicted molar refractivity (Wildman–Crippen MR) is 73.4 cm³/mol. The second-order valence-electron chi connectivity index (χ2n) is 3.42. The van der Waals surface area contributed by atoms with E-state index in [2.05, 4.69) is 0 Å². The number of benzene rings is 2. The zero-order valence-electron chi connectivity index (χ0n) is 8.89. The van der Waals surface area contributed by atoms with Crippen LogP contribution in [0.15, 0.2) is 52.3 Å². The van der Waals surface area contributed by atoms with Crippen molar-refractivity contribution in [3.63, 3.8) is 0 Å². The summed E-state index contributed by atoms with van der Waals surface area (Å²) in [6, 6.07) is 12.3. The van der Waals surface area contributed by atoms with E-state index >= 15 is 0 Å².